The van der Waals surface area contributed by atoms with Gasteiger partial charge in [0.05, 0.1) is 13.2 Å². The number of benzene rings is 1. The van der Waals surface area contributed by atoms with Crippen molar-refractivity contribution in [3.63, 3.8) is 0 Å². The summed E-state index contributed by atoms with van der Waals surface area (Å²) in [4.78, 5) is 2.38. The molecule has 1 aromatic carbocycles. The van der Waals surface area contributed by atoms with E-state index in [-0.39, 0.29) is 6.29 Å². The third-order valence-corrected chi connectivity index (χ3v) is 3.85. The topological polar surface area (TPSA) is 57.8 Å². The Balaban J connectivity index is 1.45. The summed E-state index contributed by atoms with van der Waals surface area (Å²) in [5, 5.41) is 9.73. The van der Waals surface area contributed by atoms with Gasteiger partial charge in [0.2, 0.25) is 0 Å². The van der Waals surface area contributed by atoms with Crippen molar-refractivity contribution >= 4 is 0 Å². The summed E-state index contributed by atoms with van der Waals surface area (Å²) >= 11 is 0. The van der Waals surface area contributed by atoms with Crippen LogP contribution in [-0.4, -0.2) is 50.6 Å². The molecule has 1 aromatic rings. The number of rotatable bonds is 7. The zero-order valence-electron chi connectivity index (χ0n) is 12.8. The molecule has 0 saturated carbocycles. The van der Waals surface area contributed by atoms with Gasteiger partial charge in [-0.2, -0.15) is 0 Å². The minimum Gasteiger partial charge on any atom is -0.492 e. The predicted octanol–water partition coefficient (Wildman–Crippen LogP) is 0.435. The zero-order valence-corrected chi connectivity index (χ0v) is 12.8. The molecule has 22 heavy (non-hydrogen) atoms. The van der Waals surface area contributed by atoms with Gasteiger partial charge < -0.3 is 20.1 Å². The standard InChI is InChI=1S/C16H24N4O2/c1-2-4-15(22-12-9-20-7-10-21-11-8-20)14(3-1)13-19-16-17-5-6-18-16/h1-6,16-19H,7-13H2. The highest BCUT2D eigenvalue weighted by Gasteiger charge is 2.11. The molecule has 0 aromatic heterocycles. The predicted molar refractivity (Wildman–Crippen MR) is 85.2 cm³/mol. The quantitative estimate of drug-likeness (QED) is 0.679. The van der Waals surface area contributed by atoms with Crippen molar-refractivity contribution in [3.05, 3.63) is 42.2 Å². The fraction of sp³-hybridized carbons (Fsp3) is 0.500. The summed E-state index contributed by atoms with van der Waals surface area (Å²) in [5.41, 5.74) is 1.17. The third-order valence-electron chi connectivity index (χ3n) is 3.85. The largest absolute Gasteiger partial charge is 0.492 e. The van der Waals surface area contributed by atoms with Crippen LogP contribution in [0, 0.1) is 0 Å². The molecule has 2 aliphatic heterocycles. The summed E-state index contributed by atoms with van der Waals surface area (Å²) in [6.45, 7) is 6.06. The minimum atomic E-state index is 0.0846. The van der Waals surface area contributed by atoms with E-state index in [9.17, 15) is 0 Å². The Bertz CT molecular complexity index is 481. The first-order valence-corrected chi connectivity index (χ1v) is 7.83. The van der Waals surface area contributed by atoms with Crippen LogP contribution in [0.3, 0.4) is 0 Å². The third kappa shape index (κ3) is 4.37. The Morgan fingerprint density at radius 1 is 1.18 bits per heavy atom. The van der Waals surface area contributed by atoms with Crippen LogP contribution >= 0.6 is 0 Å². The van der Waals surface area contributed by atoms with Crippen molar-refractivity contribution in [2.24, 2.45) is 0 Å². The van der Waals surface area contributed by atoms with E-state index in [0.29, 0.717) is 6.61 Å². The maximum absolute atomic E-state index is 5.98. The number of morpholine rings is 1. The second-order valence-electron chi connectivity index (χ2n) is 5.39. The van der Waals surface area contributed by atoms with Gasteiger partial charge in [0.15, 0.2) is 6.29 Å². The van der Waals surface area contributed by atoms with Gasteiger partial charge in [0.25, 0.3) is 0 Å². The van der Waals surface area contributed by atoms with Crippen molar-refractivity contribution in [1.29, 1.82) is 0 Å². The summed E-state index contributed by atoms with van der Waals surface area (Å²) in [6.07, 6.45) is 3.87. The summed E-state index contributed by atoms with van der Waals surface area (Å²) in [6, 6.07) is 8.18. The van der Waals surface area contributed by atoms with Crippen molar-refractivity contribution in [3.8, 4) is 5.75 Å². The average Bonchev–Trinajstić information content (AvgIpc) is 3.08. The number of para-hydroxylation sites is 1. The molecular weight excluding hydrogens is 280 g/mol. The van der Waals surface area contributed by atoms with Crippen molar-refractivity contribution < 1.29 is 9.47 Å². The molecule has 0 unspecified atom stereocenters. The maximum Gasteiger partial charge on any atom is 0.152 e. The number of nitrogens with one attached hydrogen (secondary N) is 3. The average molecular weight is 304 g/mol. The van der Waals surface area contributed by atoms with Gasteiger partial charge in [0.1, 0.15) is 12.4 Å². The van der Waals surface area contributed by atoms with Gasteiger partial charge in [-0.15, -0.1) is 0 Å². The second kappa shape index (κ2) is 8.03. The van der Waals surface area contributed by atoms with E-state index in [1.807, 2.05) is 30.6 Å². The van der Waals surface area contributed by atoms with Gasteiger partial charge in [-0.25, -0.2) is 0 Å². The molecule has 2 heterocycles. The van der Waals surface area contributed by atoms with Crippen LogP contribution in [-0.2, 0) is 11.3 Å². The van der Waals surface area contributed by atoms with Gasteiger partial charge in [-0.1, -0.05) is 18.2 Å². The molecule has 0 spiro atoms. The molecule has 2 aliphatic rings. The summed E-state index contributed by atoms with van der Waals surface area (Å²) < 4.78 is 11.3. The number of ether oxygens (including phenoxy) is 2. The maximum atomic E-state index is 5.98. The molecule has 0 atom stereocenters. The zero-order chi connectivity index (χ0) is 15.0. The highest BCUT2D eigenvalue weighted by atomic mass is 16.5. The number of hydrogen-bond donors (Lipinski definition) is 3. The lowest BCUT2D eigenvalue weighted by molar-refractivity contribution is 0.0322. The fourth-order valence-electron chi connectivity index (χ4n) is 2.57. The monoisotopic (exact) mass is 304 g/mol. The summed E-state index contributed by atoms with van der Waals surface area (Å²) in [7, 11) is 0. The van der Waals surface area contributed by atoms with Gasteiger partial charge in [0, 0.05) is 44.1 Å². The van der Waals surface area contributed by atoms with E-state index >= 15 is 0 Å². The lowest BCUT2D eigenvalue weighted by Gasteiger charge is -2.26. The van der Waals surface area contributed by atoms with Gasteiger partial charge in [-0.3, -0.25) is 10.2 Å². The number of nitrogens with zero attached hydrogens (tertiary/aromatic N) is 1. The molecule has 120 valence electrons. The van der Waals surface area contributed by atoms with Crippen molar-refractivity contribution in [2.45, 2.75) is 12.8 Å². The normalized spacial score (nSPS) is 18.9. The first kappa shape index (κ1) is 15.1. The van der Waals surface area contributed by atoms with Crippen molar-refractivity contribution in [1.82, 2.24) is 20.9 Å². The smallest absolute Gasteiger partial charge is 0.152 e. The molecule has 3 rings (SSSR count). The Labute approximate surface area is 131 Å². The molecule has 0 radical (unpaired) electrons. The lowest BCUT2D eigenvalue weighted by atomic mass is 10.2. The molecule has 6 nitrogen and oxygen atoms in total. The van der Waals surface area contributed by atoms with Crippen LogP contribution in [0.1, 0.15) is 5.56 Å². The number of hydrogen-bond acceptors (Lipinski definition) is 6. The van der Waals surface area contributed by atoms with E-state index in [0.717, 1.165) is 45.1 Å². The molecule has 3 N–H and O–H groups in total. The fourth-order valence-corrected chi connectivity index (χ4v) is 2.57. The Hall–Kier alpha value is -1.76. The molecule has 1 saturated heterocycles. The Morgan fingerprint density at radius 2 is 1.95 bits per heavy atom. The van der Waals surface area contributed by atoms with E-state index in [2.05, 4.69) is 26.9 Å². The Morgan fingerprint density at radius 3 is 2.77 bits per heavy atom. The van der Waals surface area contributed by atoms with Crippen LogP contribution in [0.4, 0.5) is 0 Å². The van der Waals surface area contributed by atoms with Crippen LogP contribution in [0.2, 0.25) is 0 Å². The van der Waals surface area contributed by atoms with Crippen LogP contribution in [0.25, 0.3) is 0 Å². The van der Waals surface area contributed by atoms with Crippen LogP contribution in [0.15, 0.2) is 36.7 Å². The molecule has 0 bridgehead atoms. The first-order valence-electron chi connectivity index (χ1n) is 7.83. The molecule has 1 fully saturated rings. The molecule has 0 amide bonds. The van der Waals surface area contributed by atoms with E-state index in [1.54, 1.807) is 0 Å². The Kier molecular flexibility index (Phi) is 5.53. The van der Waals surface area contributed by atoms with E-state index in [1.165, 1.54) is 5.56 Å². The van der Waals surface area contributed by atoms with Crippen LogP contribution in [0.5, 0.6) is 5.75 Å². The SMILES string of the molecule is C1=CNC(NCc2ccccc2OCCN2CCOCC2)N1. The second-order valence-corrected chi connectivity index (χ2v) is 5.39. The lowest BCUT2D eigenvalue weighted by Crippen LogP contribution is -2.44. The van der Waals surface area contributed by atoms with E-state index in [4.69, 9.17) is 9.47 Å². The van der Waals surface area contributed by atoms with Crippen molar-refractivity contribution in [2.75, 3.05) is 39.5 Å². The molecular formula is C16H24N4O2. The highest BCUT2D eigenvalue weighted by Crippen LogP contribution is 2.17. The van der Waals surface area contributed by atoms with Gasteiger partial charge in [-0.05, 0) is 6.07 Å². The summed E-state index contributed by atoms with van der Waals surface area (Å²) in [5.74, 6) is 0.953. The first-order chi connectivity index (χ1) is 10.9. The minimum absolute atomic E-state index is 0.0846. The molecule has 0 aliphatic carbocycles. The van der Waals surface area contributed by atoms with Crippen LogP contribution < -0.4 is 20.7 Å². The highest BCUT2D eigenvalue weighted by molar-refractivity contribution is 5.33. The van der Waals surface area contributed by atoms with Gasteiger partial charge >= 0.3 is 0 Å². The molecule has 6 heteroatoms. The van der Waals surface area contributed by atoms with E-state index < -0.39 is 0 Å².